The molecule has 0 aromatic heterocycles. The summed E-state index contributed by atoms with van der Waals surface area (Å²) >= 11 is 0. The van der Waals surface area contributed by atoms with Crippen LogP contribution in [0.1, 0.15) is 47.8 Å². The molecule has 3 N–H and O–H groups in total. The van der Waals surface area contributed by atoms with Crippen molar-refractivity contribution in [1.29, 1.82) is 0 Å². The van der Waals surface area contributed by atoms with E-state index in [0.29, 0.717) is 11.6 Å². The van der Waals surface area contributed by atoms with Crippen LogP contribution in [0.5, 0.6) is 0 Å². The van der Waals surface area contributed by atoms with Crippen LogP contribution in [0.2, 0.25) is 0 Å². The minimum atomic E-state index is -0.346. The first-order valence-corrected chi connectivity index (χ1v) is 6.03. The second kappa shape index (κ2) is 4.88. The van der Waals surface area contributed by atoms with Crippen LogP contribution in [0.15, 0.2) is 18.2 Å². The first-order valence-electron chi connectivity index (χ1n) is 6.03. The fraction of sp³-hybridized carbons (Fsp3) is 0.429. The predicted octanol–water partition coefficient (Wildman–Crippen LogP) is 1.98. The van der Waals surface area contributed by atoms with Crippen LogP contribution in [0.3, 0.4) is 0 Å². The fourth-order valence-corrected chi connectivity index (χ4v) is 2.40. The van der Waals surface area contributed by atoms with Crippen LogP contribution in [0, 0.1) is 5.92 Å². The number of nitrogens with two attached hydrogens (primary N) is 1. The molecule has 1 aromatic carbocycles. The molecule has 1 atom stereocenters. The van der Waals surface area contributed by atoms with Crippen molar-refractivity contribution in [2.24, 2.45) is 5.73 Å². The van der Waals surface area contributed by atoms with Gasteiger partial charge in [0, 0.05) is 11.6 Å². The summed E-state index contributed by atoms with van der Waals surface area (Å²) in [6.07, 6.45) is 2.01. The van der Waals surface area contributed by atoms with Crippen LogP contribution in [0.4, 0.5) is 0 Å². The molecule has 3 nitrogen and oxygen atoms in total. The first-order chi connectivity index (χ1) is 8.08. The van der Waals surface area contributed by atoms with Gasteiger partial charge < -0.3 is 11.1 Å². The van der Waals surface area contributed by atoms with Crippen molar-refractivity contribution in [2.75, 3.05) is 6.54 Å². The van der Waals surface area contributed by atoms with E-state index in [1.54, 1.807) is 0 Å². The zero-order chi connectivity index (χ0) is 12.4. The Morgan fingerprint density at radius 3 is 2.88 bits per heavy atom. The molecule has 1 heterocycles. The van der Waals surface area contributed by atoms with E-state index >= 15 is 0 Å². The van der Waals surface area contributed by atoms with Gasteiger partial charge in [-0.1, -0.05) is 19.9 Å². The summed E-state index contributed by atoms with van der Waals surface area (Å²) in [5, 5.41) is 3.52. The van der Waals surface area contributed by atoms with E-state index in [9.17, 15) is 4.79 Å². The van der Waals surface area contributed by atoms with Crippen molar-refractivity contribution in [3.63, 3.8) is 0 Å². The summed E-state index contributed by atoms with van der Waals surface area (Å²) < 4.78 is 0. The summed E-state index contributed by atoms with van der Waals surface area (Å²) in [7, 11) is 0. The lowest BCUT2D eigenvalue weighted by Crippen LogP contribution is -2.30. The van der Waals surface area contributed by atoms with Crippen molar-refractivity contribution in [2.45, 2.75) is 32.7 Å². The Bertz CT molecular complexity index is 426. The zero-order valence-corrected chi connectivity index (χ0v) is 10.4. The lowest BCUT2D eigenvalue weighted by Gasteiger charge is -2.28. The average molecular weight is 231 g/mol. The Morgan fingerprint density at radius 2 is 2.24 bits per heavy atom. The number of primary amides is 1. The van der Waals surface area contributed by atoms with Gasteiger partial charge in [-0.15, -0.1) is 0 Å². The second-order valence-corrected chi connectivity index (χ2v) is 4.95. The first kappa shape index (κ1) is 12.1. The molecule has 91 valence electrons. The number of fused-ring (bicyclic) bond motifs is 1. The third-order valence-corrected chi connectivity index (χ3v) is 3.20. The van der Waals surface area contributed by atoms with E-state index in [-0.39, 0.29) is 5.91 Å². The molecular weight excluding hydrogens is 212 g/mol. The molecule has 1 amide bonds. The molecule has 2 rings (SSSR count). The van der Waals surface area contributed by atoms with Crippen molar-refractivity contribution >= 4 is 5.91 Å². The minimum absolute atomic E-state index is 0.346. The molecular formula is C14H19N2O. The number of carbonyl (C=O) groups excluding carboxylic acids is 1. The molecule has 0 fully saturated rings. The van der Waals surface area contributed by atoms with Crippen molar-refractivity contribution in [3.8, 4) is 0 Å². The number of carbonyl (C=O) groups is 1. The Morgan fingerprint density at radius 1 is 1.47 bits per heavy atom. The van der Waals surface area contributed by atoms with Crippen molar-refractivity contribution in [3.05, 3.63) is 40.8 Å². The third kappa shape index (κ3) is 2.67. The van der Waals surface area contributed by atoms with Crippen molar-refractivity contribution < 1.29 is 4.79 Å². The molecule has 0 saturated heterocycles. The number of hydrogen-bond donors (Lipinski definition) is 2. The minimum Gasteiger partial charge on any atom is -0.366 e. The monoisotopic (exact) mass is 231 g/mol. The second-order valence-electron chi connectivity index (χ2n) is 4.95. The summed E-state index contributed by atoms with van der Waals surface area (Å²) in [5.41, 5.74) is 8.48. The quantitative estimate of drug-likeness (QED) is 0.835. The molecule has 17 heavy (non-hydrogen) atoms. The van der Waals surface area contributed by atoms with E-state index in [0.717, 1.165) is 19.4 Å². The van der Waals surface area contributed by atoms with Gasteiger partial charge in [-0.05, 0) is 48.6 Å². The Kier molecular flexibility index (Phi) is 3.48. The van der Waals surface area contributed by atoms with E-state index < -0.39 is 0 Å². The highest BCUT2D eigenvalue weighted by molar-refractivity contribution is 5.93. The highest BCUT2D eigenvalue weighted by Gasteiger charge is 2.21. The van der Waals surface area contributed by atoms with Crippen molar-refractivity contribution in [1.82, 2.24) is 5.32 Å². The number of benzene rings is 1. The van der Waals surface area contributed by atoms with Gasteiger partial charge >= 0.3 is 0 Å². The normalized spacial score (nSPS) is 19.1. The topological polar surface area (TPSA) is 55.1 Å². The van der Waals surface area contributed by atoms with Gasteiger partial charge in [-0.25, -0.2) is 0 Å². The summed E-state index contributed by atoms with van der Waals surface area (Å²) in [6, 6.07) is 6.18. The molecule has 0 saturated carbocycles. The lowest BCUT2D eigenvalue weighted by atomic mass is 9.88. The van der Waals surface area contributed by atoms with E-state index in [1.807, 2.05) is 18.2 Å². The van der Waals surface area contributed by atoms with Crippen LogP contribution < -0.4 is 11.1 Å². The summed E-state index contributed by atoms with van der Waals surface area (Å²) in [5.74, 6) is 1.07. The van der Waals surface area contributed by atoms with Gasteiger partial charge in [0.25, 0.3) is 0 Å². The van der Waals surface area contributed by atoms with Crippen LogP contribution >= 0.6 is 0 Å². The number of amides is 1. The van der Waals surface area contributed by atoms with E-state index in [4.69, 9.17) is 5.73 Å². The molecule has 3 heteroatoms. The largest absolute Gasteiger partial charge is 0.366 e. The van der Waals surface area contributed by atoms with Gasteiger partial charge in [0.15, 0.2) is 0 Å². The number of hydrogen-bond acceptors (Lipinski definition) is 2. The fourth-order valence-electron chi connectivity index (χ4n) is 2.40. The number of rotatable bonds is 3. The number of nitrogens with one attached hydrogen (secondary N) is 1. The zero-order valence-electron chi connectivity index (χ0n) is 10.4. The Balaban J connectivity index is 2.30. The average Bonchev–Trinajstić information content (AvgIpc) is 2.28. The van der Waals surface area contributed by atoms with E-state index in [1.165, 1.54) is 17.0 Å². The van der Waals surface area contributed by atoms with Gasteiger partial charge in [-0.3, -0.25) is 4.79 Å². The molecule has 0 bridgehead atoms. The molecule has 1 radical (unpaired) electrons. The van der Waals surface area contributed by atoms with E-state index in [2.05, 4.69) is 19.2 Å². The van der Waals surface area contributed by atoms with Gasteiger partial charge in [0.05, 0.1) is 0 Å². The molecule has 1 aliphatic rings. The maximum atomic E-state index is 11.1. The third-order valence-electron chi connectivity index (χ3n) is 3.20. The van der Waals surface area contributed by atoms with Gasteiger partial charge in [-0.2, -0.15) is 0 Å². The highest BCUT2D eigenvalue weighted by Crippen LogP contribution is 2.29. The molecule has 0 spiro atoms. The molecule has 1 aromatic rings. The summed E-state index contributed by atoms with van der Waals surface area (Å²) in [6.45, 7) is 5.26. The SMILES string of the molecule is C[C](C)CC1NCCc2cc(C(N)=O)ccc21. The molecule has 1 unspecified atom stereocenters. The predicted molar refractivity (Wildman–Crippen MR) is 68.6 cm³/mol. The van der Waals surface area contributed by atoms with Crippen LogP contribution in [-0.2, 0) is 6.42 Å². The highest BCUT2D eigenvalue weighted by atomic mass is 16.1. The maximum absolute atomic E-state index is 11.1. The van der Waals surface area contributed by atoms with Gasteiger partial charge in [0.1, 0.15) is 0 Å². The smallest absolute Gasteiger partial charge is 0.248 e. The Labute approximate surface area is 102 Å². The standard InChI is InChI=1S/C14H19N2O/c1-9(2)7-13-12-4-3-11(14(15)17)8-10(12)5-6-16-13/h3-4,8,13,16H,5-7H2,1-2H3,(H2,15,17). The summed E-state index contributed by atoms with van der Waals surface area (Å²) in [4.78, 5) is 11.1. The molecule has 0 aliphatic carbocycles. The maximum Gasteiger partial charge on any atom is 0.248 e. The van der Waals surface area contributed by atoms with Crippen LogP contribution in [0.25, 0.3) is 0 Å². The van der Waals surface area contributed by atoms with Gasteiger partial charge in [0.2, 0.25) is 5.91 Å². The lowest BCUT2D eigenvalue weighted by molar-refractivity contribution is 0.1000. The van der Waals surface area contributed by atoms with Crippen LogP contribution in [-0.4, -0.2) is 12.5 Å². The molecule has 1 aliphatic heterocycles. The Hall–Kier alpha value is -1.35.